The second kappa shape index (κ2) is 5.46. The number of ether oxygens (including phenoxy) is 1. The fourth-order valence-corrected chi connectivity index (χ4v) is 1.64. The largest absolute Gasteiger partial charge is 0.497 e. The van der Waals surface area contributed by atoms with E-state index in [2.05, 4.69) is 4.98 Å². The molecule has 0 atom stereocenters. The number of carbonyl (C=O) groups excluding carboxylic acids is 1. The summed E-state index contributed by atoms with van der Waals surface area (Å²) in [5, 5.41) is 0. The molecule has 1 aromatic carbocycles. The molecule has 18 heavy (non-hydrogen) atoms. The molecule has 0 bridgehead atoms. The SMILES string of the molecule is COc1ccc(C(=O)c2cn(CCN)cn2)cc1. The summed E-state index contributed by atoms with van der Waals surface area (Å²) in [6, 6.07) is 6.96. The molecule has 1 heterocycles. The van der Waals surface area contributed by atoms with Gasteiger partial charge in [-0.3, -0.25) is 4.79 Å². The topological polar surface area (TPSA) is 70.1 Å². The minimum atomic E-state index is -0.103. The quantitative estimate of drug-likeness (QED) is 0.800. The highest BCUT2D eigenvalue weighted by Crippen LogP contribution is 2.14. The van der Waals surface area contributed by atoms with Crippen LogP contribution in [0.5, 0.6) is 5.75 Å². The third kappa shape index (κ3) is 2.57. The van der Waals surface area contributed by atoms with Crippen molar-refractivity contribution in [2.24, 2.45) is 5.73 Å². The van der Waals surface area contributed by atoms with E-state index in [1.807, 2.05) is 0 Å². The summed E-state index contributed by atoms with van der Waals surface area (Å²) in [5.74, 6) is 0.619. The van der Waals surface area contributed by atoms with Crippen molar-refractivity contribution < 1.29 is 9.53 Å². The lowest BCUT2D eigenvalue weighted by Gasteiger charge is -2.01. The summed E-state index contributed by atoms with van der Waals surface area (Å²) < 4.78 is 6.85. The average molecular weight is 245 g/mol. The van der Waals surface area contributed by atoms with Crippen LogP contribution in [0.25, 0.3) is 0 Å². The molecular formula is C13H15N3O2. The van der Waals surface area contributed by atoms with Crippen molar-refractivity contribution in [1.82, 2.24) is 9.55 Å². The second-order valence-electron chi connectivity index (χ2n) is 3.84. The predicted octanol–water partition coefficient (Wildman–Crippen LogP) is 1.08. The standard InChI is InChI=1S/C13H15N3O2/c1-18-11-4-2-10(3-5-11)13(17)12-8-16(7-6-14)9-15-12/h2-5,8-9H,6-7,14H2,1H3. The minimum Gasteiger partial charge on any atom is -0.497 e. The molecule has 0 aliphatic carbocycles. The Morgan fingerprint density at radius 3 is 2.72 bits per heavy atom. The van der Waals surface area contributed by atoms with E-state index in [9.17, 15) is 4.79 Å². The molecule has 0 spiro atoms. The fourth-order valence-electron chi connectivity index (χ4n) is 1.64. The highest BCUT2D eigenvalue weighted by molar-refractivity contribution is 6.07. The maximum atomic E-state index is 12.1. The van der Waals surface area contributed by atoms with Gasteiger partial charge in [0.25, 0.3) is 0 Å². The van der Waals surface area contributed by atoms with Gasteiger partial charge < -0.3 is 15.0 Å². The molecule has 2 rings (SSSR count). The zero-order valence-corrected chi connectivity index (χ0v) is 10.2. The number of imidazole rings is 1. The molecular weight excluding hydrogens is 230 g/mol. The Bertz CT molecular complexity index is 531. The van der Waals surface area contributed by atoms with E-state index < -0.39 is 0 Å². The van der Waals surface area contributed by atoms with Crippen LogP contribution in [0.15, 0.2) is 36.8 Å². The molecule has 5 heteroatoms. The minimum absolute atomic E-state index is 0.103. The zero-order valence-electron chi connectivity index (χ0n) is 10.2. The van der Waals surface area contributed by atoms with Gasteiger partial charge in [0.05, 0.1) is 13.4 Å². The van der Waals surface area contributed by atoms with Gasteiger partial charge in [0.1, 0.15) is 11.4 Å². The first-order chi connectivity index (χ1) is 8.74. The van der Waals surface area contributed by atoms with Crippen molar-refractivity contribution in [2.45, 2.75) is 6.54 Å². The molecule has 94 valence electrons. The Morgan fingerprint density at radius 2 is 2.11 bits per heavy atom. The van der Waals surface area contributed by atoms with Crippen molar-refractivity contribution >= 4 is 5.78 Å². The zero-order chi connectivity index (χ0) is 13.0. The van der Waals surface area contributed by atoms with Gasteiger partial charge in [0.15, 0.2) is 0 Å². The van der Waals surface area contributed by atoms with Gasteiger partial charge in [-0.15, -0.1) is 0 Å². The first-order valence-electron chi connectivity index (χ1n) is 5.65. The number of aromatic nitrogens is 2. The highest BCUT2D eigenvalue weighted by atomic mass is 16.5. The molecule has 1 aromatic heterocycles. The molecule has 0 saturated carbocycles. The number of rotatable bonds is 5. The number of benzene rings is 1. The van der Waals surface area contributed by atoms with Gasteiger partial charge in [0.2, 0.25) is 5.78 Å². The van der Waals surface area contributed by atoms with Gasteiger partial charge >= 0.3 is 0 Å². The summed E-state index contributed by atoms with van der Waals surface area (Å²) in [7, 11) is 1.59. The normalized spacial score (nSPS) is 10.3. The third-order valence-electron chi connectivity index (χ3n) is 2.61. The average Bonchev–Trinajstić information content (AvgIpc) is 2.87. The van der Waals surface area contributed by atoms with E-state index in [1.54, 1.807) is 48.5 Å². The number of hydrogen-bond donors (Lipinski definition) is 1. The van der Waals surface area contributed by atoms with E-state index in [4.69, 9.17) is 10.5 Å². The summed E-state index contributed by atoms with van der Waals surface area (Å²) in [5.41, 5.74) is 6.46. The number of ketones is 1. The number of hydrogen-bond acceptors (Lipinski definition) is 4. The summed E-state index contributed by atoms with van der Waals surface area (Å²) in [6.45, 7) is 1.18. The van der Waals surface area contributed by atoms with Gasteiger partial charge in [-0.1, -0.05) is 0 Å². The van der Waals surface area contributed by atoms with E-state index in [-0.39, 0.29) is 5.78 Å². The predicted molar refractivity (Wildman–Crippen MR) is 67.7 cm³/mol. The molecule has 0 fully saturated rings. The van der Waals surface area contributed by atoms with Crippen LogP contribution >= 0.6 is 0 Å². The Hall–Kier alpha value is -2.14. The number of methoxy groups -OCH3 is 1. The van der Waals surface area contributed by atoms with E-state index >= 15 is 0 Å². The number of carbonyl (C=O) groups is 1. The van der Waals surface area contributed by atoms with Crippen LogP contribution in [-0.4, -0.2) is 29.0 Å². The smallest absolute Gasteiger partial charge is 0.212 e. The van der Waals surface area contributed by atoms with E-state index in [0.29, 0.717) is 24.3 Å². The van der Waals surface area contributed by atoms with Gasteiger partial charge in [-0.25, -0.2) is 4.98 Å². The summed E-state index contributed by atoms with van der Waals surface area (Å²) in [6.07, 6.45) is 3.32. The van der Waals surface area contributed by atoms with Crippen LogP contribution in [-0.2, 0) is 6.54 Å². The van der Waals surface area contributed by atoms with Crippen LogP contribution in [0.1, 0.15) is 16.1 Å². The highest BCUT2D eigenvalue weighted by Gasteiger charge is 2.11. The van der Waals surface area contributed by atoms with Gasteiger partial charge in [-0.2, -0.15) is 0 Å². The van der Waals surface area contributed by atoms with Crippen molar-refractivity contribution in [1.29, 1.82) is 0 Å². The maximum absolute atomic E-state index is 12.1. The lowest BCUT2D eigenvalue weighted by atomic mass is 10.1. The molecule has 0 saturated heterocycles. The first kappa shape index (κ1) is 12.3. The van der Waals surface area contributed by atoms with Gasteiger partial charge in [0, 0.05) is 24.8 Å². The van der Waals surface area contributed by atoms with E-state index in [0.717, 1.165) is 5.75 Å². The van der Waals surface area contributed by atoms with Crippen LogP contribution in [0.4, 0.5) is 0 Å². The Morgan fingerprint density at radius 1 is 1.39 bits per heavy atom. The van der Waals surface area contributed by atoms with E-state index in [1.165, 1.54) is 0 Å². The van der Waals surface area contributed by atoms with Crippen LogP contribution in [0.3, 0.4) is 0 Å². The first-order valence-corrected chi connectivity index (χ1v) is 5.65. The molecule has 0 radical (unpaired) electrons. The molecule has 5 nitrogen and oxygen atoms in total. The second-order valence-corrected chi connectivity index (χ2v) is 3.84. The number of nitrogens with two attached hydrogens (primary N) is 1. The number of nitrogens with zero attached hydrogens (tertiary/aromatic N) is 2. The Balaban J connectivity index is 2.18. The van der Waals surface area contributed by atoms with Crippen molar-refractivity contribution in [3.05, 3.63) is 48.0 Å². The lowest BCUT2D eigenvalue weighted by molar-refractivity contribution is 0.103. The monoisotopic (exact) mass is 245 g/mol. The van der Waals surface area contributed by atoms with Crippen molar-refractivity contribution in [3.63, 3.8) is 0 Å². The molecule has 0 aliphatic rings. The third-order valence-corrected chi connectivity index (χ3v) is 2.61. The van der Waals surface area contributed by atoms with Crippen LogP contribution in [0, 0.1) is 0 Å². The Kier molecular flexibility index (Phi) is 3.74. The van der Waals surface area contributed by atoms with Gasteiger partial charge in [-0.05, 0) is 24.3 Å². The Labute approximate surface area is 105 Å². The molecule has 2 aromatic rings. The molecule has 2 N–H and O–H groups in total. The summed E-state index contributed by atoms with van der Waals surface area (Å²) in [4.78, 5) is 16.2. The molecule has 0 amide bonds. The summed E-state index contributed by atoms with van der Waals surface area (Å²) >= 11 is 0. The maximum Gasteiger partial charge on any atom is 0.212 e. The van der Waals surface area contributed by atoms with Crippen molar-refractivity contribution in [2.75, 3.05) is 13.7 Å². The van der Waals surface area contributed by atoms with Crippen molar-refractivity contribution in [3.8, 4) is 5.75 Å². The molecule has 0 unspecified atom stereocenters. The van der Waals surface area contributed by atoms with Crippen LogP contribution < -0.4 is 10.5 Å². The molecule has 0 aliphatic heterocycles. The lowest BCUT2D eigenvalue weighted by Crippen LogP contribution is -2.08. The van der Waals surface area contributed by atoms with Crippen LogP contribution in [0.2, 0.25) is 0 Å². The fraction of sp³-hybridized carbons (Fsp3) is 0.231.